The zero-order valence-electron chi connectivity index (χ0n) is 9.97. The number of benzene rings is 1. The zero-order valence-corrected chi connectivity index (χ0v) is 9.97. The highest BCUT2D eigenvalue weighted by Crippen LogP contribution is 2.24. The van der Waals surface area contributed by atoms with Crippen molar-refractivity contribution in [2.45, 2.75) is 33.2 Å². The van der Waals surface area contributed by atoms with E-state index in [0.29, 0.717) is 12.0 Å². The molecule has 0 bridgehead atoms. The van der Waals surface area contributed by atoms with Gasteiger partial charge in [-0.05, 0) is 49.6 Å². The highest BCUT2D eigenvalue weighted by Gasteiger charge is 2.13. The van der Waals surface area contributed by atoms with E-state index in [-0.39, 0.29) is 5.82 Å². The van der Waals surface area contributed by atoms with Crippen LogP contribution in [0.15, 0.2) is 18.2 Å². The van der Waals surface area contributed by atoms with E-state index in [0.717, 1.165) is 12.0 Å². The van der Waals surface area contributed by atoms with Crippen LogP contribution in [0.25, 0.3) is 0 Å². The fourth-order valence-electron chi connectivity index (χ4n) is 1.90. The van der Waals surface area contributed by atoms with Gasteiger partial charge in [0.25, 0.3) is 0 Å². The van der Waals surface area contributed by atoms with Gasteiger partial charge in [0.1, 0.15) is 5.82 Å². The Hall–Kier alpha value is -0.890. The van der Waals surface area contributed by atoms with Crippen molar-refractivity contribution in [3.05, 3.63) is 35.1 Å². The Labute approximate surface area is 91.7 Å². The molecule has 0 saturated carbocycles. The van der Waals surface area contributed by atoms with Gasteiger partial charge >= 0.3 is 0 Å². The Bertz CT molecular complexity index is 320. The summed E-state index contributed by atoms with van der Waals surface area (Å²) in [4.78, 5) is 0. The first-order valence-electron chi connectivity index (χ1n) is 5.48. The molecular weight excluding hydrogens is 189 g/mol. The van der Waals surface area contributed by atoms with Crippen LogP contribution >= 0.6 is 0 Å². The van der Waals surface area contributed by atoms with Crippen molar-refractivity contribution in [1.82, 2.24) is 5.32 Å². The molecule has 1 aromatic carbocycles. The average Bonchev–Trinajstić information content (AvgIpc) is 2.14. The molecule has 0 fully saturated rings. The molecule has 84 valence electrons. The smallest absolute Gasteiger partial charge is 0.123 e. The van der Waals surface area contributed by atoms with E-state index in [1.165, 1.54) is 11.6 Å². The highest BCUT2D eigenvalue weighted by atomic mass is 19.1. The van der Waals surface area contributed by atoms with Crippen molar-refractivity contribution in [2.75, 3.05) is 7.05 Å². The van der Waals surface area contributed by atoms with Gasteiger partial charge in [0.15, 0.2) is 0 Å². The van der Waals surface area contributed by atoms with Crippen LogP contribution in [-0.4, -0.2) is 7.05 Å². The minimum atomic E-state index is -0.157. The van der Waals surface area contributed by atoms with Crippen molar-refractivity contribution in [1.29, 1.82) is 0 Å². The molecule has 0 aliphatic rings. The standard InChI is InChI=1S/C13H20FN/c1-9(2)7-13(15-4)12-6-5-11(14)8-10(12)3/h5-6,8-9,13,15H,7H2,1-4H3. The summed E-state index contributed by atoms with van der Waals surface area (Å²) in [6.45, 7) is 6.36. The maximum Gasteiger partial charge on any atom is 0.123 e. The Kier molecular flexibility index (Phi) is 4.28. The lowest BCUT2D eigenvalue weighted by atomic mass is 9.94. The van der Waals surface area contributed by atoms with E-state index in [1.54, 1.807) is 6.07 Å². The molecule has 1 aromatic rings. The van der Waals surface area contributed by atoms with E-state index >= 15 is 0 Å². The first kappa shape index (κ1) is 12.2. The summed E-state index contributed by atoms with van der Waals surface area (Å²) in [7, 11) is 1.95. The van der Waals surface area contributed by atoms with Gasteiger partial charge in [-0.15, -0.1) is 0 Å². The molecule has 0 spiro atoms. The lowest BCUT2D eigenvalue weighted by molar-refractivity contribution is 0.454. The molecule has 0 heterocycles. The van der Waals surface area contributed by atoms with Crippen LogP contribution in [0.4, 0.5) is 4.39 Å². The molecule has 2 heteroatoms. The quantitative estimate of drug-likeness (QED) is 0.801. The van der Waals surface area contributed by atoms with Crippen molar-refractivity contribution in [3.8, 4) is 0 Å². The predicted octanol–water partition coefficient (Wildman–Crippen LogP) is 3.44. The fraction of sp³-hybridized carbons (Fsp3) is 0.538. The lowest BCUT2D eigenvalue weighted by Gasteiger charge is -2.20. The van der Waals surface area contributed by atoms with Gasteiger partial charge in [-0.3, -0.25) is 0 Å². The van der Waals surface area contributed by atoms with Crippen LogP contribution in [0.1, 0.15) is 37.4 Å². The van der Waals surface area contributed by atoms with Gasteiger partial charge in [0.2, 0.25) is 0 Å². The summed E-state index contributed by atoms with van der Waals surface area (Å²) >= 11 is 0. The lowest BCUT2D eigenvalue weighted by Crippen LogP contribution is -2.19. The van der Waals surface area contributed by atoms with Gasteiger partial charge in [-0.2, -0.15) is 0 Å². The Morgan fingerprint density at radius 3 is 2.47 bits per heavy atom. The Morgan fingerprint density at radius 2 is 2.00 bits per heavy atom. The second-order valence-electron chi connectivity index (χ2n) is 4.47. The maximum absolute atomic E-state index is 13.0. The molecule has 0 aromatic heterocycles. The van der Waals surface area contributed by atoms with Crippen LogP contribution in [0, 0.1) is 18.7 Å². The summed E-state index contributed by atoms with van der Waals surface area (Å²) in [5.41, 5.74) is 2.22. The maximum atomic E-state index is 13.0. The van der Waals surface area contributed by atoms with E-state index in [9.17, 15) is 4.39 Å². The third-order valence-corrected chi connectivity index (χ3v) is 2.66. The molecule has 1 N–H and O–H groups in total. The molecule has 0 saturated heterocycles. The first-order valence-corrected chi connectivity index (χ1v) is 5.48. The normalized spacial score (nSPS) is 13.2. The van der Waals surface area contributed by atoms with Gasteiger partial charge < -0.3 is 5.32 Å². The van der Waals surface area contributed by atoms with Crippen molar-refractivity contribution in [3.63, 3.8) is 0 Å². The van der Waals surface area contributed by atoms with Gasteiger partial charge in [0.05, 0.1) is 0 Å². The van der Waals surface area contributed by atoms with Crippen LogP contribution in [-0.2, 0) is 0 Å². The molecule has 0 amide bonds. The molecule has 0 aliphatic carbocycles. The number of hydrogen-bond acceptors (Lipinski definition) is 1. The monoisotopic (exact) mass is 209 g/mol. The molecule has 0 radical (unpaired) electrons. The first-order chi connectivity index (χ1) is 7.04. The number of nitrogens with one attached hydrogen (secondary N) is 1. The SMILES string of the molecule is CNC(CC(C)C)c1ccc(F)cc1C. The van der Waals surface area contributed by atoms with Gasteiger partial charge in [-0.1, -0.05) is 19.9 Å². The molecule has 1 rings (SSSR count). The second kappa shape index (κ2) is 5.26. The highest BCUT2D eigenvalue weighted by molar-refractivity contribution is 5.29. The number of hydrogen-bond donors (Lipinski definition) is 1. The largest absolute Gasteiger partial charge is 0.313 e. The van der Waals surface area contributed by atoms with Crippen LogP contribution in [0.2, 0.25) is 0 Å². The number of aryl methyl sites for hydroxylation is 1. The average molecular weight is 209 g/mol. The third-order valence-electron chi connectivity index (χ3n) is 2.66. The summed E-state index contributed by atoms with van der Waals surface area (Å²) in [5, 5.41) is 3.29. The summed E-state index contributed by atoms with van der Waals surface area (Å²) in [5.74, 6) is 0.475. The van der Waals surface area contributed by atoms with Gasteiger partial charge in [-0.25, -0.2) is 4.39 Å². The van der Waals surface area contributed by atoms with Crippen LogP contribution in [0.3, 0.4) is 0 Å². The van der Waals surface area contributed by atoms with Crippen LogP contribution < -0.4 is 5.32 Å². The summed E-state index contributed by atoms with van der Waals surface area (Å²) in [6, 6.07) is 5.34. The molecule has 15 heavy (non-hydrogen) atoms. The van der Waals surface area contributed by atoms with E-state index in [4.69, 9.17) is 0 Å². The molecule has 1 nitrogen and oxygen atoms in total. The van der Waals surface area contributed by atoms with E-state index in [2.05, 4.69) is 19.2 Å². The number of halogens is 1. The Balaban J connectivity index is 2.91. The van der Waals surface area contributed by atoms with Crippen molar-refractivity contribution >= 4 is 0 Å². The second-order valence-corrected chi connectivity index (χ2v) is 4.47. The minimum absolute atomic E-state index is 0.157. The predicted molar refractivity (Wildman–Crippen MR) is 62.4 cm³/mol. The van der Waals surface area contributed by atoms with Gasteiger partial charge in [0, 0.05) is 6.04 Å². The third kappa shape index (κ3) is 3.31. The fourth-order valence-corrected chi connectivity index (χ4v) is 1.90. The van der Waals surface area contributed by atoms with Crippen LogP contribution in [0.5, 0.6) is 0 Å². The topological polar surface area (TPSA) is 12.0 Å². The zero-order chi connectivity index (χ0) is 11.4. The minimum Gasteiger partial charge on any atom is -0.313 e. The summed E-state index contributed by atoms with van der Waals surface area (Å²) < 4.78 is 13.0. The van der Waals surface area contributed by atoms with Crippen molar-refractivity contribution < 1.29 is 4.39 Å². The number of rotatable bonds is 4. The van der Waals surface area contributed by atoms with E-state index < -0.39 is 0 Å². The summed E-state index contributed by atoms with van der Waals surface area (Å²) in [6.07, 6.45) is 1.07. The van der Waals surface area contributed by atoms with Crippen molar-refractivity contribution in [2.24, 2.45) is 5.92 Å². The molecule has 1 unspecified atom stereocenters. The molecular formula is C13H20FN. The Morgan fingerprint density at radius 1 is 1.33 bits per heavy atom. The molecule has 1 atom stereocenters. The van der Waals surface area contributed by atoms with E-state index in [1.807, 2.05) is 20.0 Å². The molecule has 0 aliphatic heterocycles.